The van der Waals surface area contributed by atoms with E-state index in [1.54, 1.807) is 0 Å². The normalized spacial score (nSPS) is 16.5. The Morgan fingerprint density at radius 2 is 1.95 bits per heavy atom. The zero-order valence-corrected chi connectivity index (χ0v) is 11.0. The van der Waals surface area contributed by atoms with Crippen molar-refractivity contribution in [2.24, 2.45) is 0 Å². The first-order valence-electron chi connectivity index (χ1n) is 6.06. The first-order valence-corrected chi connectivity index (χ1v) is 7.54. The highest BCUT2D eigenvalue weighted by atomic mass is 32.2. The van der Waals surface area contributed by atoms with Crippen molar-refractivity contribution in [3.63, 3.8) is 0 Å². The molecule has 0 heterocycles. The number of halogens is 1. The van der Waals surface area contributed by atoms with Gasteiger partial charge >= 0.3 is 0 Å². The van der Waals surface area contributed by atoms with Crippen molar-refractivity contribution < 1.29 is 17.7 Å². The van der Waals surface area contributed by atoms with Crippen molar-refractivity contribution in [2.75, 3.05) is 0 Å². The number of carbonyl (C=O) groups is 1. The molecule has 104 valence electrons. The molecule has 0 bridgehead atoms. The van der Waals surface area contributed by atoms with Gasteiger partial charge in [0.2, 0.25) is 10.0 Å². The van der Waals surface area contributed by atoms with Gasteiger partial charge in [-0.15, -0.1) is 0 Å². The lowest BCUT2D eigenvalue weighted by molar-refractivity contribution is 0.0859. The van der Waals surface area contributed by atoms with E-state index < -0.39 is 15.9 Å². The van der Waals surface area contributed by atoms with Crippen molar-refractivity contribution >= 4 is 15.9 Å². The zero-order valence-electron chi connectivity index (χ0n) is 10.2. The third kappa shape index (κ3) is 3.30. The van der Waals surface area contributed by atoms with E-state index in [4.69, 9.17) is 0 Å². The van der Waals surface area contributed by atoms with Crippen molar-refractivity contribution in [3.05, 3.63) is 29.8 Å². The maximum Gasteiger partial charge on any atom is 0.278 e. The molecule has 1 aromatic rings. The number of sulfonamides is 1. The minimum atomic E-state index is -3.66. The molecule has 0 aromatic heterocycles. The van der Waals surface area contributed by atoms with Crippen LogP contribution in [0.2, 0.25) is 0 Å². The van der Waals surface area contributed by atoms with Crippen molar-refractivity contribution in [1.82, 2.24) is 10.3 Å². The van der Waals surface area contributed by atoms with Crippen LogP contribution in [0, 0.1) is 0 Å². The Bertz CT molecular complexity index is 568. The van der Waals surface area contributed by atoms with E-state index in [0.29, 0.717) is 0 Å². The van der Waals surface area contributed by atoms with Crippen LogP contribution in [0.3, 0.4) is 0 Å². The van der Waals surface area contributed by atoms with Crippen LogP contribution in [-0.4, -0.2) is 20.4 Å². The van der Waals surface area contributed by atoms with Gasteiger partial charge in [-0.1, -0.05) is 23.4 Å². The van der Waals surface area contributed by atoms with Gasteiger partial charge in [-0.2, -0.15) is 5.54 Å². The summed E-state index contributed by atoms with van der Waals surface area (Å²) in [6, 6.07) is 5.25. The highest BCUT2D eigenvalue weighted by molar-refractivity contribution is 7.89. The van der Waals surface area contributed by atoms with Gasteiger partial charge in [-0.3, -0.25) is 4.79 Å². The zero-order chi connectivity index (χ0) is 13.9. The molecule has 2 rings (SSSR count). The molecular formula is C12H15FN2O3S. The molecule has 1 aromatic carbocycles. The van der Waals surface area contributed by atoms with Crippen LogP contribution >= 0.6 is 0 Å². The third-order valence-corrected chi connectivity index (χ3v) is 4.69. The van der Waals surface area contributed by atoms with Crippen molar-refractivity contribution in [3.8, 4) is 0 Å². The summed E-state index contributed by atoms with van der Waals surface area (Å²) >= 11 is 0. The van der Waals surface area contributed by atoms with Crippen LogP contribution in [0.5, 0.6) is 0 Å². The summed E-state index contributed by atoms with van der Waals surface area (Å²) in [5.74, 6) is -0.960. The number of carbonyl (C=O) groups excluding carboxylic acids is 1. The summed E-state index contributed by atoms with van der Waals surface area (Å²) < 4.78 is 38.9. The maximum absolute atomic E-state index is 12.1. The molecule has 0 atom stereocenters. The summed E-state index contributed by atoms with van der Waals surface area (Å²) in [4.78, 5) is 11.1. The smallest absolute Gasteiger partial charge is 0.267 e. The number of rotatable bonds is 4. The quantitative estimate of drug-likeness (QED) is 0.824. The average molecular weight is 286 g/mol. The number of nitrogens with one attached hydrogen (secondary N) is 2. The molecule has 0 spiro atoms. The second-order valence-corrected chi connectivity index (χ2v) is 6.27. The molecule has 7 heteroatoms. The fraction of sp³-hybridized carbons (Fsp3) is 0.417. The molecule has 19 heavy (non-hydrogen) atoms. The van der Waals surface area contributed by atoms with Gasteiger partial charge in [0.15, 0.2) is 0 Å². The SMILES string of the molecule is O=C(NF)c1cccc(S(=O)(=O)NC2CCCC2)c1. The van der Waals surface area contributed by atoms with Crippen molar-refractivity contribution in [1.29, 1.82) is 0 Å². The Balaban J connectivity index is 2.22. The second kappa shape index (κ2) is 5.66. The van der Waals surface area contributed by atoms with E-state index in [2.05, 4.69) is 4.72 Å². The Kier molecular flexibility index (Phi) is 4.16. The number of hydrogen-bond acceptors (Lipinski definition) is 3. The van der Waals surface area contributed by atoms with Crippen LogP contribution in [0.4, 0.5) is 4.48 Å². The summed E-state index contributed by atoms with van der Waals surface area (Å²) in [6.07, 6.45) is 3.67. The van der Waals surface area contributed by atoms with Gasteiger partial charge in [0.25, 0.3) is 5.91 Å². The molecular weight excluding hydrogens is 271 g/mol. The number of benzene rings is 1. The van der Waals surface area contributed by atoms with Gasteiger partial charge in [-0.25, -0.2) is 13.1 Å². The lowest BCUT2D eigenvalue weighted by atomic mass is 10.2. The fourth-order valence-electron chi connectivity index (χ4n) is 2.19. The van der Waals surface area contributed by atoms with Gasteiger partial charge in [0, 0.05) is 11.6 Å². The Hall–Kier alpha value is -1.47. The van der Waals surface area contributed by atoms with E-state index in [1.165, 1.54) is 18.2 Å². The standard InChI is InChI=1S/C12H15FN2O3S/c13-14-12(16)9-4-3-7-11(8-9)19(17,18)15-10-5-1-2-6-10/h3-4,7-8,10,15H,1-2,5-6H2,(H,14,16). The Morgan fingerprint density at radius 3 is 2.58 bits per heavy atom. The van der Waals surface area contributed by atoms with Gasteiger partial charge in [-0.05, 0) is 31.0 Å². The number of amides is 1. The number of hydrogen-bond donors (Lipinski definition) is 2. The molecule has 1 amide bonds. The molecule has 2 N–H and O–H groups in total. The van der Waals surface area contributed by atoms with Crippen LogP contribution in [-0.2, 0) is 10.0 Å². The van der Waals surface area contributed by atoms with E-state index in [0.717, 1.165) is 37.3 Å². The first-order chi connectivity index (χ1) is 9.03. The average Bonchev–Trinajstić information content (AvgIpc) is 2.90. The molecule has 1 aliphatic rings. The van der Waals surface area contributed by atoms with Crippen LogP contribution in [0.15, 0.2) is 29.2 Å². The summed E-state index contributed by atoms with van der Waals surface area (Å²) in [5, 5.41) is 0. The lowest BCUT2D eigenvalue weighted by Crippen LogP contribution is -2.32. The maximum atomic E-state index is 12.1. The molecule has 5 nitrogen and oxygen atoms in total. The summed E-state index contributed by atoms with van der Waals surface area (Å²) in [6.45, 7) is 0. The highest BCUT2D eigenvalue weighted by Gasteiger charge is 2.23. The summed E-state index contributed by atoms with van der Waals surface area (Å²) in [7, 11) is -3.66. The minimum Gasteiger partial charge on any atom is -0.267 e. The van der Waals surface area contributed by atoms with Gasteiger partial charge in [0.05, 0.1) is 4.90 Å². The predicted octanol–water partition coefficient (Wildman–Crippen LogP) is 1.52. The predicted molar refractivity (Wildman–Crippen MR) is 67.6 cm³/mol. The van der Waals surface area contributed by atoms with Gasteiger partial charge < -0.3 is 0 Å². The van der Waals surface area contributed by atoms with Gasteiger partial charge in [0.1, 0.15) is 0 Å². The Morgan fingerprint density at radius 1 is 1.26 bits per heavy atom. The molecule has 0 aliphatic heterocycles. The lowest BCUT2D eigenvalue weighted by Gasteiger charge is -2.12. The minimum absolute atomic E-state index is 0.0273. The second-order valence-electron chi connectivity index (χ2n) is 4.55. The van der Waals surface area contributed by atoms with Crippen LogP contribution < -0.4 is 10.3 Å². The van der Waals surface area contributed by atoms with E-state index in [-0.39, 0.29) is 16.5 Å². The highest BCUT2D eigenvalue weighted by Crippen LogP contribution is 2.20. The van der Waals surface area contributed by atoms with E-state index >= 15 is 0 Å². The van der Waals surface area contributed by atoms with Crippen molar-refractivity contribution in [2.45, 2.75) is 36.6 Å². The van der Waals surface area contributed by atoms with Crippen LogP contribution in [0.1, 0.15) is 36.0 Å². The van der Waals surface area contributed by atoms with E-state index in [9.17, 15) is 17.7 Å². The molecule has 0 unspecified atom stereocenters. The van der Waals surface area contributed by atoms with Crippen LogP contribution in [0.25, 0.3) is 0 Å². The molecule has 0 radical (unpaired) electrons. The molecule has 1 saturated carbocycles. The summed E-state index contributed by atoms with van der Waals surface area (Å²) in [5.41, 5.74) is 0.948. The Labute approximate surface area is 111 Å². The topological polar surface area (TPSA) is 75.3 Å². The largest absolute Gasteiger partial charge is 0.278 e. The fourth-order valence-corrected chi connectivity index (χ4v) is 3.54. The van der Waals surface area contributed by atoms with E-state index in [1.807, 2.05) is 0 Å². The molecule has 1 aliphatic carbocycles. The molecule has 1 fully saturated rings. The first kappa shape index (κ1) is 14.0. The molecule has 0 saturated heterocycles. The third-order valence-electron chi connectivity index (χ3n) is 3.17. The monoisotopic (exact) mass is 286 g/mol.